The van der Waals surface area contributed by atoms with Crippen LogP contribution in [0.1, 0.15) is 52.0 Å². The van der Waals surface area contributed by atoms with Gasteiger partial charge in [0.1, 0.15) is 5.60 Å². The molecule has 5 nitrogen and oxygen atoms in total. The Balaban J connectivity index is 1.24. The van der Waals surface area contributed by atoms with Crippen molar-refractivity contribution in [1.29, 1.82) is 0 Å². The van der Waals surface area contributed by atoms with Crippen molar-refractivity contribution in [3.8, 4) is 0 Å². The van der Waals surface area contributed by atoms with Crippen molar-refractivity contribution >= 4 is 6.09 Å². The van der Waals surface area contributed by atoms with Gasteiger partial charge in [0.05, 0.1) is 12.7 Å². The van der Waals surface area contributed by atoms with Crippen LogP contribution in [0.25, 0.3) is 0 Å². The average molecular weight is 373 g/mol. The summed E-state index contributed by atoms with van der Waals surface area (Å²) < 4.78 is 11.7. The molecule has 2 atom stereocenters. The molecule has 27 heavy (non-hydrogen) atoms. The Bertz CT molecular complexity index is 637. The van der Waals surface area contributed by atoms with Crippen molar-refractivity contribution in [2.24, 2.45) is 0 Å². The van der Waals surface area contributed by atoms with Gasteiger partial charge in [0, 0.05) is 31.2 Å². The normalized spacial score (nSPS) is 30.9. The minimum absolute atomic E-state index is 0.132. The van der Waals surface area contributed by atoms with Gasteiger partial charge in [-0.05, 0) is 52.0 Å². The fraction of sp³-hybridized carbons (Fsp3) is 0.682. The van der Waals surface area contributed by atoms with Crippen molar-refractivity contribution in [3.05, 3.63) is 35.9 Å². The molecule has 1 aliphatic carbocycles. The largest absolute Gasteiger partial charge is 0.444 e. The SMILES string of the molecule is CC(C)(C)OC(=O)N1C2CCC1CN(C1CC(OCc3ccccc3)C1)C2. The van der Waals surface area contributed by atoms with Crippen LogP contribution in [0.3, 0.4) is 0 Å². The summed E-state index contributed by atoms with van der Waals surface area (Å²) in [5.41, 5.74) is 0.815. The second-order valence-corrected chi connectivity index (χ2v) is 9.27. The van der Waals surface area contributed by atoms with Crippen LogP contribution in [0.2, 0.25) is 0 Å². The Labute approximate surface area is 162 Å². The first kappa shape index (κ1) is 18.8. The van der Waals surface area contributed by atoms with Gasteiger partial charge in [-0.25, -0.2) is 4.79 Å². The Morgan fingerprint density at radius 3 is 2.26 bits per heavy atom. The summed E-state index contributed by atoms with van der Waals surface area (Å²) in [5.74, 6) is 0. The molecule has 1 aromatic carbocycles. The first-order chi connectivity index (χ1) is 12.9. The number of likely N-dealkylation sites (tertiary alicyclic amines) is 1. The molecule has 2 bridgehead atoms. The molecule has 1 aromatic rings. The van der Waals surface area contributed by atoms with Gasteiger partial charge in [0.2, 0.25) is 0 Å². The summed E-state index contributed by atoms with van der Waals surface area (Å²) >= 11 is 0. The lowest BCUT2D eigenvalue weighted by molar-refractivity contribution is -0.0775. The van der Waals surface area contributed by atoms with Crippen LogP contribution in [-0.4, -0.2) is 58.8 Å². The Morgan fingerprint density at radius 1 is 1.04 bits per heavy atom. The summed E-state index contributed by atoms with van der Waals surface area (Å²) in [6.07, 6.45) is 4.66. The molecule has 5 heteroatoms. The third-order valence-electron chi connectivity index (χ3n) is 6.03. The molecule has 0 aromatic heterocycles. The van der Waals surface area contributed by atoms with Gasteiger partial charge in [-0.3, -0.25) is 9.80 Å². The van der Waals surface area contributed by atoms with Crippen molar-refractivity contribution in [2.45, 2.75) is 82.9 Å². The molecule has 3 aliphatic rings. The van der Waals surface area contributed by atoms with Crippen molar-refractivity contribution in [1.82, 2.24) is 9.80 Å². The second-order valence-electron chi connectivity index (χ2n) is 9.27. The van der Waals surface area contributed by atoms with E-state index in [0.29, 0.717) is 30.8 Å². The van der Waals surface area contributed by atoms with Gasteiger partial charge >= 0.3 is 6.09 Å². The second kappa shape index (κ2) is 7.44. The minimum atomic E-state index is -0.426. The van der Waals surface area contributed by atoms with E-state index in [1.54, 1.807) is 0 Å². The Morgan fingerprint density at radius 2 is 1.67 bits per heavy atom. The maximum absolute atomic E-state index is 12.6. The zero-order chi connectivity index (χ0) is 19.0. The molecule has 2 unspecified atom stereocenters. The molecule has 2 heterocycles. The van der Waals surface area contributed by atoms with Crippen molar-refractivity contribution in [3.63, 3.8) is 0 Å². The lowest BCUT2D eigenvalue weighted by atomic mass is 9.87. The van der Waals surface area contributed by atoms with E-state index < -0.39 is 5.60 Å². The van der Waals surface area contributed by atoms with E-state index >= 15 is 0 Å². The minimum Gasteiger partial charge on any atom is -0.444 e. The topological polar surface area (TPSA) is 42.0 Å². The van der Waals surface area contributed by atoms with Crippen LogP contribution in [-0.2, 0) is 16.1 Å². The van der Waals surface area contributed by atoms with Crippen LogP contribution in [0.5, 0.6) is 0 Å². The van der Waals surface area contributed by atoms with Gasteiger partial charge < -0.3 is 9.47 Å². The molecule has 4 rings (SSSR count). The highest BCUT2D eigenvalue weighted by atomic mass is 16.6. The molecule has 3 fully saturated rings. The lowest BCUT2D eigenvalue weighted by Crippen LogP contribution is -2.61. The quantitative estimate of drug-likeness (QED) is 0.806. The number of hydrogen-bond donors (Lipinski definition) is 0. The van der Waals surface area contributed by atoms with Crippen LogP contribution >= 0.6 is 0 Å². The molecule has 148 valence electrons. The summed E-state index contributed by atoms with van der Waals surface area (Å²) in [6.45, 7) is 8.47. The maximum atomic E-state index is 12.6. The summed E-state index contributed by atoms with van der Waals surface area (Å²) in [6, 6.07) is 11.6. The van der Waals surface area contributed by atoms with Gasteiger partial charge in [-0.1, -0.05) is 30.3 Å². The number of nitrogens with zero attached hydrogens (tertiary/aromatic N) is 2. The Kier molecular flexibility index (Phi) is 5.17. The number of benzene rings is 1. The number of carbonyl (C=O) groups excluding carboxylic acids is 1. The highest BCUT2D eigenvalue weighted by Crippen LogP contribution is 2.37. The lowest BCUT2D eigenvalue weighted by Gasteiger charge is -2.49. The summed E-state index contributed by atoms with van der Waals surface area (Å²) in [7, 11) is 0. The molecule has 2 saturated heterocycles. The van der Waals surface area contributed by atoms with Gasteiger partial charge in [-0.2, -0.15) is 0 Å². The first-order valence-electron chi connectivity index (χ1n) is 10.3. The van der Waals surface area contributed by atoms with E-state index in [0.717, 1.165) is 38.8 Å². The maximum Gasteiger partial charge on any atom is 0.410 e. The molecule has 0 radical (unpaired) electrons. The third kappa shape index (κ3) is 4.30. The Hall–Kier alpha value is -1.59. The standard InChI is InChI=1S/C22H32N2O3/c1-22(2,3)27-21(25)24-17-9-10-18(24)14-23(13-17)19-11-20(12-19)26-15-16-7-5-4-6-8-16/h4-8,17-20H,9-15H2,1-3H3. The predicted molar refractivity (Wildman–Crippen MR) is 104 cm³/mol. The van der Waals surface area contributed by atoms with Crippen LogP contribution in [0, 0.1) is 0 Å². The highest BCUT2D eigenvalue weighted by Gasteiger charge is 2.47. The van der Waals surface area contributed by atoms with Gasteiger partial charge in [0.15, 0.2) is 0 Å². The number of piperazine rings is 1. The summed E-state index contributed by atoms with van der Waals surface area (Å²) in [5, 5.41) is 0. The monoisotopic (exact) mass is 372 g/mol. The molecular weight excluding hydrogens is 340 g/mol. The number of rotatable bonds is 4. The van der Waals surface area contributed by atoms with Crippen LogP contribution < -0.4 is 0 Å². The summed E-state index contributed by atoms with van der Waals surface area (Å²) in [4.78, 5) is 17.2. The zero-order valence-corrected chi connectivity index (χ0v) is 16.8. The van der Waals surface area contributed by atoms with Crippen molar-refractivity contribution < 1.29 is 14.3 Å². The average Bonchev–Trinajstić information content (AvgIpc) is 2.84. The molecule has 0 N–H and O–H groups in total. The number of amides is 1. The van der Waals surface area contributed by atoms with Gasteiger partial charge in [-0.15, -0.1) is 0 Å². The smallest absolute Gasteiger partial charge is 0.410 e. The number of hydrogen-bond acceptors (Lipinski definition) is 4. The van der Waals surface area contributed by atoms with Crippen LogP contribution in [0.4, 0.5) is 4.79 Å². The molecule has 1 saturated carbocycles. The number of ether oxygens (including phenoxy) is 2. The zero-order valence-electron chi connectivity index (χ0n) is 16.8. The van der Waals surface area contributed by atoms with Crippen LogP contribution in [0.15, 0.2) is 30.3 Å². The molecular formula is C22H32N2O3. The van der Waals surface area contributed by atoms with E-state index in [1.165, 1.54) is 5.56 Å². The van der Waals surface area contributed by atoms with Crippen molar-refractivity contribution in [2.75, 3.05) is 13.1 Å². The number of fused-ring (bicyclic) bond motifs is 2. The molecule has 1 amide bonds. The highest BCUT2D eigenvalue weighted by molar-refractivity contribution is 5.69. The molecule has 2 aliphatic heterocycles. The van der Waals surface area contributed by atoms with E-state index in [-0.39, 0.29) is 6.09 Å². The third-order valence-corrected chi connectivity index (χ3v) is 6.03. The van der Waals surface area contributed by atoms with E-state index in [2.05, 4.69) is 29.2 Å². The fourth-order valence-corrected chi connectivity index (χ4v) is 4.61. The first-order valence-corrected chi connectivity index (χ1v) is 10.3. The van der Waals surface area contributed by atoms with E-state index in [1.807, 2.05) is 31.7 Å². The van der Waals surface area contributed by atoms with E-state index in [4.69, 9.17) is 9.47 Å². The van der Waals surface area contributed by atoms with E-state index in [9.17, 15) is 4.79 Å². The molecule has 0 spiro atoms. The predicted octanol–water partition coefficient (Wildman–Crippen LogP) is 3.82. The number of carbonyl (C=O) groups is 1. The van der Waals surface area contributed by atoms with Gasteiger partial charge in [0.25, 0.3) is 0 Å². The fourth-order valence-electron chi connectivity index (χ4n) is 4.61.